The van der Waals surface area contributed by atoms with E-state index >= 15 is 0 Å². The minimum Gasteiger partial charge on any atom is -0.497 e. The summed E-state index contributed by atoms with van der Waals surface area (Å²) in [5.74, 6) is 0.582. The van der Waals surface area contributed by atoms with Crippen molar-refractivity contribution in [2.75, 3.05) is 17.6 Å². The summed E-state index contributed by atoms with van der Waals surface area (Å²) in [5.41, 5.74) is 2.01. The topological polar surface area (TPSA) is 68.3 Å². The summed E-state index contributed by atoms with van der Waals surface area (Å²) in [7, 11) is -1.95. The minimum absolute atomic E-state index is 0.00253. The van der Waals surface area contributed by atoms with Gasteiger partial charge in [0.15, 0.2) is 0 Å². The lowest BCUT2D eigenvalue weighted by Gasteiger charge is -2.12. The van der Waals surface area contributed by atoms with Crippen LogP contribution in [0.25, 0.3) is 10.9 Å². The first-order valence-corrected chi connectivity index (χ1v) is 9.20. The lowest BCUT2D eigenvalue weighted by molar-refractivity contribution is 0.415. The van der Waals surface area contributed by atoms with Crippen LogP contribution in [0.4, 0.5) is 5.69 Å². The highest BCUT2D eigenvalue weighted by Crippen LogP contribution is 2.28. The fourth-order valence-electron chi connectivity index (χ4n) is 2.48. The Morgan fingerprint density at radius 1 is 1.08 bits per heavy atom. The Morgan fingerprint density at radius 3 is 2.62 bits per heavy atom. The molecular formula is C18H18N2O3S. The quantitative estimate of drug-likeness (QED) is 0.747. The SMILES string of the molecule is COc1cc(NS(=O)(=O)CCc2ccccc2)c2ncccc2c1. The van der Waals surface area contributed by atoms with Gasteiger partial charge in [0.2, 0.25) is 10.0 Å². The molecule has 1 N–H and O–H groups in total. The van der Waals surface area contributed by atoms with Crippen molar-refractivity contribution in [1.29, 1.82) is 0 Å². The second-order valence-corrected chi connectivity index (χ2v) is 7.25. The zero-order chi connectivity index (χ0) is 17.0. The number of nitrogens with one attached hydrogen (secondary N) is 1. The van der Waals surface area contributed by atoms with Crippen molar-refractivity contribution in [3.63, 3.8) is 0 Å². The predicted molar refractivity (Wildman–Crippen MR) is 95.9 cm³/mol. The van der Waals surface area contributed by atoms with E-state index in [-0.39, 0.29) is 5.75 Å². The molecule has 0 atom stereocenters. The van der Waals surface area contributed by atoms with Gasteiger partial charge in [-0.25, -0.2) is 8.42 Å². The summed E-state index contributed by atoms with van der Waals surface area (Å²) in [6, 6.07) is 16.7. The molecule has 6 heteroatoms. The first-order chi connectivity index (χ1) is 11.6. The molecule has 0 bridgehead atoms. The molecule has 5 nitrogen and oxygen atoms in total. The van der Waals surface area contributed by atoms with Crippen LogP contribution < -0.4 is 9.46 Å². The fraction of sp³-hybridized carbons (Fsp3) is 0.167. The molecule has 1 aromatic heterocycles. The smallest absolute Gasteiger partial charge is 0.233 e. The number of anilines is 1. The Labute approximate surface area is 141 Å². The van der Waals surface area contributed by atoms with Gasteiger partial charge in [-0.05, 0) is 24.1 Å². The number of rotatable bonds is 6. The highest BCUT2D eigenvalue weighted by molar-refractivity contribution is 7.92. The molecule has 0 fully saturated rings. The van der Waals surface area contributed by atoms with E-state index in [1.54, 1.807) is 25.4 Å². The average Bonchev–Trinajstić information content (AvgIpc) is 2.60. The molecule has 0 unspecified atom stereocenters. The van der Waals surface area contributed by atoms with Crippen molar-refractivity contribution in [3.8, 4) is 5.75 Å². The number of pyridine rings is 1. The first-order valence-electron chi connectivity index (χ1n) is 7.54. The molecular weight excluding hydrogens is 324 g/mol. The summed E-state index contributed by atoms with van der Waals surface area (Å²) in [4.78, 5) is 4.28. The van der Waals surface area contributed by atoms with Crippen molar-refractivity contribution >= 4 is 26.6 Å². The number of sulfonamides is 1. The van der Waals surface area contributed by atoms with E-state index < -0.39 is 10.0 Å². The van der Waals surface area contributed by atoms with Crippen LogP contribution in [0.3, 0.4) is 0 Å². The minimum atomic E-state index is -3.49. The summed E-state index contributed by atoms with van der Waals surface area (Å²) in [5, 5.41) is 0.817. The Kier molecular flexibility index (Phi) is 4.66. The molecule has 124 valence electrons. The van der Waals surface area contributed by atoms with Gasteiger partial charge in [-0.1, -0.05) is 36.4 Å². The number of methoxy groups -OCH3 is 1. The number of hydrogen-bond acceptors (Lipinski definition) is 4. The number of hydrogen-bond donors (Lipinski definition) is 1. The molecule has 1 heterocycles. The average molecular weight is 342 g/mol. The molecule has 0 aliphatic carbocycles. The maximum atomic E-state index is 12.4. The van der Waals surface area contributed by atoms with Crippen LogP contribution in [-0.4, -0.2) is 26.3 Å². The van der Waals surface area contributed by atoms with Gasteiger partial charge in [-0.3, -0.25) is 9.71 Å². The van der Waals surface area contributed by atoms with Crippen molar-refractivity contribution in [3.05, 3.63) is 66.4 Å². The maximum Gasteiger partial charge on any atom is 0.233 e. The lowest BCUT2D eigenvalue weighted by Crippen LogP contribution is -2.18. The number of ether oxygens (including phenoxy) is 1. The van der Waals surface area contributed by atoms with E-state index in [0.717, 1.165) is 10.9 Å². The normalized spacial score (nSPS) is 11.4. The zero-order valence-corrected chi connectivity index (χ0v) is 14.1. The Bertz CT molecular complexity index is 941. The Morgan fingerprint density at radius 2 is 1.88 bits per heavy atom. The van der Waals surface area contributed by atoms with Gasteiger partial charge in [-0.15, -0.1) is 0 Å². The second kappa shape index (κ2) is 6.88. The van der Waals surface area contributed by atoms with Gasteiger partial charge in [0.25, 0.3) is 0 Å². The largest absolute Gasteiger partial charge is 0.497 e. The number of benzene rings is 2. The van der Waals surface area contributed by atoms with Gasteiger partial charge in [0.1, 0.15) is 5.75 Å². The van der Waals surface area contributed by atoms with Crippen LogP contribution in [0.5, 0.6) is 5.75 Å². The van der Waals surface area contributed by atoms with E-state index in [1.165, 1.54) is 0 Å². The van der Waals surface area contributed by atoms with E-state index in [9.17, 15) is 8.42 Å². The summed E-state index contributed by atoms with van der Waals surface area (Å²) < 4.78 is 32.8. The standard InChI is InChI=1S/C18H18N2O3S/c1-23-16-12-15-8-5-10-19-18(15)17(13-16)20-24(21,22)11-9-14-6-3-2-4-7-14/h2-8,10,12-13,20H,9,11H2,1H3. The molecule has 0 aliphatic rings. The summed E-state index contributed by atoms with van der Waals surface area (Å²) in [6.45, 7) is 0. The number of aryl methyl sites for hydroxylation is 1. The monoisotopic (exact) mass is 342 g/mol. The van der Waals surface area contributed by atoms with Crippen LogP contribution in [-0.2, 0) is 16.4 Å². The van der Waals surface area contributed by atoms with Gasteiger partial charge >= 0.3 is 0 Å². The van der Waals surface area contributed by atoms with Gasteiger partial charge in [0, 0.05) is 17.6 Å². The number of aromatic nitrogens is 1. The highest BCUT2D eigenvalue weighted by Gasteiger charge is 2.14. The maximum absolute atomic E-state index is 12.4. The van der Waals surface area contributed by atoms with Crippen molar-refractivity contribution < 1.29 is 13.2 Å². The third-order valence-corrected chi connectivity index (χ3v) is 4.95. The van der Waals surface area contributed by atoms with Crippen LogP contribution in [0, 0.1) is 0 Å². The second-order valence-electron chi connectivity index (χ2n) is 5.41. The molecule has 0 spiro atoms. The Hall–Kier alpha value is -2.60. The third kappa shape index (κ3) is 3.83. The third-order valence-electron chi connectivity index (χ3n) is 3.68. The fourth-order valence-corrected chi connectivity index (χ4v) is 3.57. The predicted octanol–water partition coefficient (Wildman–Crippen LogP) is 3.23. The van der Waals surface area contributed by atoms with Gasteiger partial charge in [-0.2, -0.15) is 0 Å². The van der Waals surface area contributed by atoms with Crippen LogP contribution in [0.2, 0.25) is 0 Å². The molecule has 3 aromatic rings. The summed E-state index contributed by atoms with van der Waals surface area (Å²) >= 11 is 0. The molecule has 3 rings (SSSR count). The highest BCUT2D eigenvalue weighted by atomic mass is 32.2. The van der Waals surface area contributed by atoms with E-state index in [2.05, 4.69) is 9.71 Å². The number of nitrogens with zero attached hydrogens (tertiary/aromatic N) is 1. The van der Waals surface area contributed by atoms with E-state index in [4.69, 9.17) is 4.74 Å². The van der Waals surface area contributed by atoms with Gasteiger partial charge < -0.3 is 4.74 Å². The molecule has 0 saturated heterocycles. The first kappa shape index (κ1) is 16.3. The van der Waals surface area contributed by atoms with Crippen LogP contribution in [0.1, 0.15) is 5.56 Å². The van der Waals surface area contributed by atoms with Crippen molar-refractivity contribution in [1.82, 2.24) is 4.98 Å². The molecule has 0 saturated carbocycles. The molecule has 0 aliphatic heterocycles. The molecule has 24 heavy (non-hydrogen) atoms. The summed E-state index contributed by atoms with van der Waals surface area (Å²) in [6.07, 6.45) is 2.09. The molecule has 0 amide bonds. The zero-order valence-electron chi connectivity index (χ0n) is 13.3. The van der Waals surface area contributed by atoms with Gasteiger partial charge in [0.05, 0.1) is 24.1 Å². The molecule has 0 radical (unpaired) electrons. The van der Waals surface area contributed by atoms with E-state index in [1.807, 2.05) is 42.5 Å². The van der Waals surface area contributed by atoms with Crippen molar-refractivity contribution in [2.45, 2.75) is 6.42 Å². The lowest BCUT2D eigenvalue weighted by atomic mass is 10.2. The number of fused-ring (bicyclic) bond motifs is 1. The van der Waals surface area contributed by atoms with Crippen LogP contribution >= 0.6 is 0 Å². The Balaban J connectivity index is 1.85. The van der Waals surface area contributed by atoms with Crippen LogP contribution in [0.15, 0.2) is 60.8 Å². The van der Waals surface area contributed by atoms with E-state index in [0.29, 0.717) is 23.4 Å². The molecule has 2 aromatic carbocycles. The van der Waals surface area contributed by atoms with Crippen molar-refractivity contribution in [2.24, 2.45) is 0 Å².